The van der Waals surface area contributed by atoms with Gasteiger partial charge in [-0.2, -0.15) is 5.10 Å². The Labute approximate surface area is 111 Å². The molecule has 0 aromatic carbocycles. The molecule has 0 atom stereocenters. The van der Waals surface area contributed by atoms with E-state index in [2.05, 4.69) is 10.1 Å². The number of hydrogen-bond acceptors (Lipinski definition) is 3. The number of hydrogen-bond donors (Lipinski definition) is 0. The average molecular weight is 264 g/mol. The molecular weight excluding hydrogens is 250 g/mol. The van der Waals surface area contributed by atoms with Crippen LogP contribution in [0, 0.1) is 6.92 Å². The van der Waals surface area contributed by atoms with Crippen LogP contribution >= 0.6 is 11.6 Å². The summed E-state index contributed by atoms with van der Waals surface area (Å²) in [6.07, 6.45) is 4.75. The number of aromatic nitrogens is 3. The molecule has 0 spiro atoms. The van der Waals surface area contributed by atoms with Crippen molar-refractivity contribution in [2.45, 2.75) is 26.8 Å². The largest absolute Gasteiger partial charge is 0.287 e. The molecule has 5 heteroatoms. The molecule has 4 nitrogen and oxygen atoms in total. The average Bonchev–Trinajstić information content (AvgIpc) is 2.70. The van der Waals surface area contributed by atoms with Gasteiger partial charge in [-0.3, -0.25) is 14.5 Å². The van der Waals surface area contributed by atoms with Gasteiger partial charge in [-0.05, 0) is 32.4 Å². The maximum absolute atomic E-state index is 12.4. The molecule has 0 amide bonds. The second-order valence-electron chi connectivity index (χ2n) is 4.46. The van der Waals surface area contributed by atoms with Crippen LogP contribution in [0.15, 0.2) is 24.7 Å². The predicted molar refractivity (Wildman–Crippen MR) is 70.0 cm³/mol. The van der Waals surface area contributed by atoms with Gasteiger partial charge in [0.05, 0.1) is 11.2 Å². The molecule has 2 heterocycles. The monoisotopic (exact) mass is 263 g/mol. The molecule has 0 fully saturated rings. The zero-order chi connectivity index (χ0) is 13.3. The quantitative estimate of drug-likeness (QED) is 0.800. The Kier molecular flexibility index (Phi) is 3.48. The first-order valence-corrected chi connectivity index (χ1v) is 6.08. The molecule has 0 aliphatic heterocycles. The van der Waals surface area contributed by atoms with Crippen molar-refractivity contribution in [2.75, 3.05) is 0 Å². The summed E-state index contributed by atoms with van der Waals surface area (Å²) in [6, 6.07) is 1.87. The predicted octanol–water partition coefficient (Wildman–Crippen LogP) is 3.05. The van der Waals surface area contributed by atoms with Crippen molar-refractivity contribution in [3.05, 3.63) is 46.5 Å². The van der Waals surface area contributed by atoms with E-state index in [4.69, 9.17) is 11.6 Å². The van der Waals surface area contributed by atoms with Crippen molar-refractivity contribution >= 4 is 17.4 Å². The molecule has 0 aliphatic carbocycles. The summed E-state index contributed by atoms with van der Waals surface area (Å²) >= 11 is 6.05. The molecule has 2 aromatic heterocycles. The summed E-state index contributed by atoms with van der Waals surface area (Å²) in [6.45, 7) is 5.80. The lowest BCUT2D eigenvalue weighted by Crippen LogP contribution is -2.14. The number of aryl methyl sites for hydroxylation is 1. The number of ketones is 1. The van der Waals surface area contributed by atoms with Crippen molar-refractivity contribution in [2.24, 2.45) is 0 Å². The first-order chi connectivity index (χ1) is 8.50. The molecule has 2 rings (SSSR count). The van der Waals surface area contributed by atoms with Crippen LogP contribution in [-0.2, 0) is 0 Å². The molecule has 2 aromatic rings. The van der Waals surface area contributed by atoms with Gasteiger partial charge in [0, 0.05) is 24.0 Å². The van der Waals surface area contributed by atoms with Gasteiger partial charge in [0.1, 0.15) is 5.69 Å². The fourth-order valence-electron chi connectivity index (χ4n) is 1.76. The maximum atomic E-state index is 12.4. The summed E-state index contributed by atoms with van der Waals surface area (Å²) in [5, 5.41) is 4.50. The van der Waals surface area contributed by atoms with E-state index in [1.54, 1.807) is 23.1 Å². The van der Waals surface area contributed by atoms with E-state index in [9.17, 15) is 4.79 Å². The molecule has 0 unspecified atom stereocenters. The Hall–Kier alpha value is -1.68. The lowest BCUT2D eigenvalue weighted by atomic mass is 10.1. The summed E-state index contributed by atoms with van der Waals surface area (Å²) in [4.78, 5) is 16.4. The number of pyridine rings is 1. The molecule has 94 valence electrons. The maximum Gasteiger partial charge on any atom is 0.214 e. The first-order valence-electron chi connectivity index (χ1n) is 5.70. The summed E-state index contributed by atoms with van der Waals surface area (Å²) in [7, 11) is 0. The van der Waals surface area contributed by atoms with E-state index in [1.165, 1.54) is 6.20 Å². The zero-order valence-corrected chi connectivity index (χ0v) is 11.3. The molecule has 0 saturated carbocycles. The van der Waals surface area contributed by atoms with Gasteiger partial charge < -0.3 is 0 Å². The summed E-state index contributed by atoms with van der Waals surface area (Å²) in [5.74, 6) is -0.151. The number of halogens is 1. The van der Waals surface area contributed by atoms with E-state index in [0.717, 1.165) is 5.56 Å². The molecule has 0 N–H and O–H groups in total. The third kappa shape index (κ3) is 2.29. The SMILES string of the molecule is Cc1cncc(C(=O)c2c(Cl)cnn2C(C)C)c1. The van der Waals surface area contributed by atoms with Gasteiger partial charge >= 0.3 is 0 Å². The fourth-order valence-corrected chi connectivity index (χ4v) is 1.98. The van der Waals surface area contributed by atoms with Crippen LogP contribution in [0.4, 0.5) is 0 Å². The minimum atomic E-state index is -0.151. The van der Waals surface area contributed by atoms with Crippen molar-refractivity contribution in [1.82, 2.24) is 14.8 Å². The topological polar surface area (TPSA) is 47.8 Å². The van der Waals surface area contributed by atoms with Gasteiger partial charge in [-0.1, -0.05) is 11.6 Å². The van der Waals surface area contributed by atoms with Gasteiger partial charge in [-0.25, -0.2) is 0 Å². The highest BCUT2D eigenvalue weighted by molar-refractivity contribution is 6.34. The standard InChI is InChI=1S/C13H14ClN3O/c1-8(2)17-12(11(14)7-16-17)13(18)10-4-9(3)5-15-6-10/h4-8H,1-3H3. The third-order valence-electron chi connectivity index (χ3n) is 2.59. The highest BCUT2D eigenvalue weighted by Gasteiger charge is 2.20. The minimum absolute atomic E-state index is 0.0780. The van der Waals surface area contributed by atoms with E-state index in [1.807, 2.05) is 20.8 Å². The van der Waals surface area contributed by atoms with E-state index < -0.39 is 0 Å². The van der Waals surface area contributed by atoms with Crippen LogP contribution in [0.25, 0.3) is 0 Å². The van der Waals surface area contributed by atoms with Crippen LogP contribution in [0.1, 0.15) is 41.5 Å². The number of carbonyl (C=O) groups excluding carboxylic acids is 1. The van der Waals surface area contributed by atoms with Crippen molar-refractivity contribution in [3.8, 4) is 0 Å². The Morgan fingerprint density at radius 3 is 2.67 bits per heavy atom. The number of nitrogens with zero attached hydrogens (tertiary/aromatic N) is 3. The number of rotatable bonds is 3. The molecule has 0 radical (unpaired) electrons. The lowest BCUT2D eigenvalue weighted by Gasteiger charge is -2.10. The van der Waals surface area contributed by atoms with Crippen molar-refractivity contribution in [3.63, 3.8) is 0 Å². The minimum Gasteiger partial charge on any atom is -0.287 e. The molecule has 18 heavy (non-hydrogen) atoms. The van der Waals surface area contributed by atoms with Crippen LogP contribution in [0.5, 0.6) is 0 Å². The Morgan fingerprint density at radius 1 is 1.33 bits per heavy atom. The van der Waals surface area contributed by atoms with E-state index in [-0.39, 0.29) is 11.8 Å². The van der Waals surface area contributed by atoms with Gasteiger partial charge in [-0.15, -0.1) is 0 Å². The van der Waals surface area contributed by atoms with Gasteiger partial charge in [0.25, 0.3) is 0 Å². The zero-order valence-electron chi connectivity index (χ0n) is 10.5. The van der Waals surface area contributed by atoms with Crippen LogP contribution in [0.3, 0.4) is 0 Å². The smallest absolute Gasteiger partial charge is 0.214 e. The normalized spacial score (nSPS) is 10.9. The third-order valence-corrected chi connectivity index (χ3v) is 2.87. The lowest BCUT2D eigenvalue weighted by molar-refractivity contribution is 0.102. The van der Waals surface area contributed by atoms with Crippen LogP contribution < -0.4 is 0 Å². The Balaban J connectivity index is 2.49. The van der Waals surface area contributed by atoms with Gasteiger partial charge in [0.2, 0.25) is 5.78 Å². The Morgan fingerprint density at radius 2 is 2.06 bits per heavy atom. The van der Waals surface area contributed by atoms with E-state index in [0.29, 0.717) is 16.3 Å². The first kappa shape index (κ1) is 12.8. The molecular formula is C13H14ClN3O. The number of carbonyl (C=O) groups is 1. The molecule has 0 aliphatic rings. The Bertz CT molecular complexity index is 590. The second-order valence-corrected chi connectivity index (χ2v) is 4.87. The van der Waals surface area contributed by atoms with Crippen LogP contribution in [-0.4, -0.2) is 20.5 Å². The summed E-state index contributed by atoms with van der Waals surface area (Å²) < 4.78 is 1.63. The highest BCUT2D eigenvalue weighted by atomic mass is 35.5. The summed E-state index contributed by atoms with van der Waals surface area (Å²) in [5.41, 5.74) is 1.88. The second kappa shape index (κ2) is 4.90. The van der Waals surface area contributed by atoms with E-state index >= 15 is 0 Å². The molecule has 0 saturated heterocycles. The molecule has 0 bridgehead atoms. The van der Waals surface area contributed by atoms with Crippen molar-refractivity contribution in [1.29, 1.82) is 0 Å². The fraction of sp³-hybridized carbons (Fsp3) is 0.308. The van der Waals surface area contributed by atoms with Crippen molar-refractivity contribution < 1.29 is 4.79 Å². The van der Waals surface area contributed by atoms with Gasteiger partial charge in [0.15, 0.2) is 0 Å². The van der Waals surface area contributed by atoms with Crippen LogP contribution in [0.2, 0.25) is 5.02 Å². The highest BCUT2D eigenvalue weighted by Crippen LogP contribution is 2.22.